The summed E-state index contributed by atoms with van der Waals surface area (Å²) in [6.07, 6.45) is 2.19. The largest absolute Gasteiger partial charge is 0.505 e. The number of allylic oxidation sites excluding steroid dienone is 2. The summed E-state index contributed by atoms with van der Waals surface area (Å²) in [6, 6.07) is 14.7. The van der Waals surface area contributed by atoms with Gasteiger partial charge in [0.1, 0.15) is 5.82 Å². The molecule has 3 aromatic rings. The molecule has 1 N–H and O–H groups in total. The lowest BCUT2D eigenvalue weighted by Crippen LogP contribution is -2.48. The molecule has 3 heterocycles. The van der Waals surface area contributed by atoms with Crippen LogP contribution >= 0.6 is 11.6 Å². The Hall–Kier alpha value is -4.61. The maximum Gasteiger partial charge on any atom is 0.241 e. The van der Waals surface area contributed by atoms with E-state index in [1.165, 1.54) is 29.2 Å². The molecule has 1 saturated carbocycles. The number of benzene rings is 3. The lowest BCUT2D eigenvalue weighted by molar-refractivity contribution is -0.131. The van der Waals surface area contributed by atoms with Gasteiger partial charge in [0.25, 0.3) is 0 Å². The molecule has 6 unspecified atom stereocenters. The Kier molecular flexibility index (Phi) is 7.42. The summed E-state index contributed by atoms with van der Waals surface area (Å²) in [4.78, 5) is 61.4. The monoisotopic (exact) mass is 687 g/mol. The lowest BCUT2D eigenvalue weighted by Gasteiger charge is -2.49. The Morgan fingerprint density at radius 2 is 1.51 bits per heavy atom. The first-order valence-corrected chi connectivity index (χ1v) is 16.7. The number of nitrogens with zero attached hydrogens (tertiary/aromatic N) is 3. The quantitative estimate of drug-likeness (QED) is 0.281. The molecule has 6 atom stereocenters. The topological polar surface area (TPSA) is 107 Å². The molecule has 3 aliphatic heterocycles. The Morgan fingerprint density at radius 3 is 2.20 bits per heavy atom. The van der Waals surface area contributed by atoms with Crippen LogP contribution in [0, 0.1) is 40.7 Å². The van der Waals surface area contributed by atoms with E-state index in [0.717, 1.165) is 35.8 Å². The Labute approximate surface area is 285 Å². The van der Waals surface area contributed by atoms with Crippen LogP contribution in [0.2, 0.25) is 5.02 Å². The zero-order chi connectivity index (χ0) is 34.4. The minimum atomic E-state index is -1.43. The summed E-state index contributed by atoms with van der Waals surface area (Å²) < 4.78 is 34.5. The van der Waals surface area contributed by atoms with Crippen molar-refractivity contribution < 1.29 is 37.8 Å². The highest BCUT2D eigenvalue weighted by atomic mass is 35.5. The van der Waals surface area contributed by atoms with Gasteiger partial charge in [-0.1, -0.05) is 29.3 Å². The zero-order valence-corrected chi connectivity index (χ0v) is 27.2. The predicted octanol–water partition coefficient (Wildman–Crippen LogP) is 5.60. The first kappa shape index (κ1) is 31.6. The number of phenols is 1. The highest BCUT2D eigenvalue weighted by Crippen LogP contribution is 2.64. The van der Waals surface area contributed by atoms with Gasteiger partial charge in [-0.05, 0) is 85.8 Å². The third-order valence-corrected chi connectivity index (χ3v) is 11.5. The van der Waals surface area contributed by atoms with Crippen molar-refractivity contribution in [3.05, 3.63) is 94.5 Å². The second-order valence-electron chi connectivity index (χ2n) is 13.6. The number of anilines is 3. The first-order chi connectivity index (χ1) is 23.5. The van der Waals surface area contributed by atoms with Gasteiger partial charge < -0.3 is 14.7 Å². The summed E-state index contributed by atoms with van der Waals surface area (Å²) in [5.74, 6) is -7.94. The fourth-order valence-corrected chi connectivity index (χ4v) is 9.03. The minimum absolute atomic E-state index is 0.0966. The molecule has 49 heavy (non-hydrogen) atoms. The van der Waals surface area contributed by atoms with Crippen LogP contribution in [0.3, 0.4) is 0 Å². The van der Waals surface area contributed by atoms with Gasteiger partial charge in [0, 0.05) is 24.7 Å². The molecular formula is C37H32ClF2N3O6. The number of hydrogen-bond acceptors (Lipinski definition) is 7. The number of hydrogen-bond donors (Lipinski definition) is 1. The fraction of sp³-hybridized carbons (Fsp3) is 0.351. The number of imide groups is 2. The van der Waals surface area contributed by atoms with Crippen LogP contribution < -0.4 is 14.7 Å². The molecular weight excluding hydrogens is 656 g/mol. The third kappa shape index (κ3) is 4.65. The Morgan fingerprint density at radius 1 is 0.816 bits per heavy atom. The van der Waals surface area contributed by atoms with Crippen LogP contribution in [0.5, 0.6) is 5.75 Å². The van der Waals surface area contributed by atoms with Crippen LogP contribution in [0.1, 0.15) is 31.2 Å². The van der Waals surface area contributed by atoms with Crippen LogP contribution in [-0.4, -0.2) is 55.0 Å². The smallest absolute Gasteiger partial charge is 0.241 e. The molecule has 0 radical (unpaired) electrons. The molecule has 3 saturated heterocycles. The molecule has 9 nitrogen and oxygen atoms in total. The van der Waals surface area contributed by atoms with Gasteiger partial charge in [0.15, 0.2) is 11.6 Å². The van der Waals surface area contributed by atoms with E-state index in [2.05, 4.69) is 4.90 Å². The summed E-state index contributed by atoms with van der Waals surface area (Å²) in [6.45, 7) is 4.37. The number of morpholine rings is 1. The zero-order valence-electron chi connectivity index (χ0n) is 26.4. The average Bonchev–Trinajstić information content (AvgIpc) is 3.47. The standard InChI is InChI=1S/C37H32ClF2N3O6/c1-37-26(34(46)43(36(37)48)22-7-10-28(39)27(38)17-22)18-25-23(32(37)19-2-11-30(44)29(40)16-19)8-9-24-31(25)35(47)42(33(24)45)21-5-3-20(4-6-21)41-12-14-49-15-13-41/h2-8,10-11,16-17,24-26,31-32,44H,9,12-15,18H2,1H3. The van der Waals surface area contributed by atoms with Gasteiger partial charge >= 0.3 is 0 Å². The number of ether oxygens (including phenoxy) is 1. The highest BCUT2D eigenvalue weighted by molar-refractivity contribution is 6.32. The lowest BCUT2D eigenvalue weighted by atomic mass is 9.51. The maximum absolute atomic E-state index is 14.9. The second-order valence-corrected chi connectivity index (χ2v) is 14.0. The summed E-state index contributed by atoms with van der Waals surface area (Å²) >= 11 is 6.05. The number of carbonyl (C=O) groups is 4. The maximum atomic E-state index is 14.9. The van der Waals surface area contributed by atoms with Crippen molar-refractivity contribution in [2.75, 3.05) is 41.0 Å². The number of carbonyl (C=O) groups excluding carboxylic acids is 4. The van der Waals surface area contributed by atoms with E-state index in [9.17, 15) is 33.1 Å². The molecule has 2 aliphatic carbocycles. The van der Waals surface area contributed by atoms with Gasteiger partial charge in [0.05, 0.1) is 52.8 Å². The number of rotatable bonds is 4. The van der Waals surface area contributed by atoms with Crippen molar-refractivity contribution in [2.24, 2.45) is 29.1 Å². The van der Waals surface area contributed by atoms with Crippen LogP contribution in [0.4, 0.5) is 25.8 Å². The van der Waals surface area contributed by atoms with Gasteiger partial charge in [-0.25, -0.2) is 13.7 Å². The number of halogens is 3. The SMILES string of the molecule is CC12C(=O)N(c3ccc(F)c(Cl)c3)C(=O)C1CC1C(=CCC3C(=O)N(c4ccc(N5CCOCC5)cc4)C(=O)C31)C2c1ccc(O)c(F)c1. The number of fused-ring (bicyclic) bond motifs is 4. The van der Waals surface area contributed by atoms with E-state index in [1.807, 2.05) is 18.2 Å². The first-order valence-electron chi connectivity index (χ1n) is 16.3. The van der Waals surface area contributed by atoms with E-state index in [0.29, 0.717) is 30.0 Å². The van der Waals surface area contributed by atoms with Gasteiger partial charge in [-0.3, -0.25) is 24.1 Å². The molecule has 4 fully saturated rings. The molecule has 0 bridgehead atoms. The van der Waals surface area contributed by atoms with E-state index in [4.69, 9.17) is 16.3 Å². The fourth-order valence-electron chi connectivity index (χ4n) is 8.86. The summed E-state index contributed by atoms with van der Waals surface area (Å²) in [7, 11) is 0. The third-order valence-electron chi connectivity index (χ3n) is 11.2. The van der Waals surface area contributed by atoms with E-state index in [-0.39, 0.29) is 35.4 Å². The van der Waals surface area contributed by atoms with Crippen molar-refractivity contribution in [3.8, 4) is 5.75 Å². The van der Waals surface area contributed by atoms with Gasteiger partial charge in [-0.15, -0.1) is 0 Å². The normalized spacial score (nSPS) is 29.6. The van der Waals surface area contributed by atoms with Crippen molar-refractivity contribution >= 4 is 52.3 Å². The minimum Gasteiger partial charge on any atom is -0.505 e. The van der Waals surface area contributed by atoms with Crippen molar-refractivity contribution in [1.82, 2.24) is 0 Å². The number of phenolic OH excluding ortho intramolecular Hbond substituents is 1. The van der Waals surface area contributed by atoms with Crippen molar-refractivity contribution in [3.63, 3.8) is 0 Å². The van der Waals surface area contributed by atoms with Gasteiger partial charge in [0.2, 0.25) is 23.6 Å². The van der Waals surface area contributed by atoms with E-state index >= 15 is 0 Å². The molecule has 4 amide bonds. The van der Waals surface area contributed by atoms with Crippen molar-refractivity contribution in [2.45, 2.75) is 25.7 Å². The van der Waals surface area contributed by atoms with E-state index in [1.54, 1.807) is 19.1 Å². The molecule has 5 aliphatic rings. The molecule has 252 valence electrons. The van der Waals surface area contributed by atoms with Crippen LogP contribution in [-0.2, 0) is 23.9 Å². The molecule has 8 rings (SSSR count). The number of amides is 4. The van der Waals surface area contributed by atoms with E-state index < -0.39 is 64.2 Å². The summed E-state index contributed by atoms with van der Waals surface area (Å²) in [5.41, 5.74) is 1.10. The van der Waals surface area contributed by atoms with Crippen LogP contribution in [0.25, 0.3) is 0 Å². The van der Waals surface area contributed by atoms with Crippen LogP contribution in [0.15, 0.2) is 72.3 Å². The Bertz CT molecular complexity index is 1960. The highest BCUT2D eigenvalue weighted by Gasteiger charge is 2.67. The molecule has 0 spiro atoms. The molecule has 12 heteroatoms. The molecule has 0 aromatic heterocycles. The number of aromatic hydroxyl groups is 1. The predicted molar refractivity (Wildman–Crippen MR) is 176 cm³/mol. The van der Waals surface area contributed by atoms with Crippen molar-refractivity contribution in [1.29, 1.82) is 0 Å². The molecule has 3 aromatic carbocycles. The summed E-state index contributed by atoms with van der Waals surface area (Å²) in [5, 5.41) is 9.76. The average molecular weight is 688 g/mol. The Balaban J connectivity index is 1.19. The second kappa shape index (κ2) is 11.5. The van der Waals surface area contributed by atoms with Gasteiger partial charge in [-0.2, -0.15) is 0 Å².